The monoisotopic (exact) mass is 554 g/mol. The molecule has 2 heterocycles. The van der Waals surface area contributed by atoms with Gasteiger partial charge >= 0.3 is 0 Å². The van der Waals surface area contributed by atoms with E-state index in [0.717, 1.165) is 17.4 Å². The van der Waals surface area contributed by atoms with Gasteiger partial charge in [-0.1, -0.05) is 25.3 Å². The molecule has 1 aliphatic rings. The lowest BCUT2D eigenvalue weighted by Crippen LogP contribution is -2.46. The molecule has 156 valence electrons. The molecule has 6 nitrogen and oxygen atoms in total. The molecule has 1 fully saturated rings. The quantitative estimate of drug-likeness (QED) is 0.289. The normalized spacial score (nSPS) is 17.0. The van der Waals surface area contributed by atoms with E-state index in [2.05, 4.69) is 33.1 Å². The van der Waals surface area contributed by atoms with Crippen molar-refractivity contribution >= 4 is 62.6 Å². The van der Waals surface area contributed by atoms with Gasteiger partial charge in [0.15, 0.2) is 5.96 Å². The molecular formula is C18H27IN4O2S3. The van der Waals surface area contributed by atoms with E-state index in [9.17, 15) is 8.42 Å². The predicted octanol–water partition coefficient (Wildman–Crippen LogP) is 3.64. The van der Waals surface area contributed by atoms with Crippen LogP contribution < -0.4 is 15.8 Å². The van der Waals surface area contributed by atoms with Crippen LogP contribution in [-0.4, -0.2) is 28.0 Å². The molecule has 0 spiro atoms. The number of aliphatic imine (C=N–C) groups is 1. The number of rotatable bonds is 6. The van der Waals surface area contributed by atoms with Crippen molar-refractivity contribution in [1.29, 1.82) is 0 Å². The number of halogens is 1. The highest BCUT2D eigenvalue weighted by molar-refractivity contribution is 14.0. The van der Waals surface area contributed by atoms with E-state index in [-0.39, 0.29) is 33.6 Å². The highest BCUT2D eigenvalue weighted by atomic mass is 127. The molecule has 0 unspecified atom stereocenters. The molecule has 0 saturated heterocycles. The van der Waals surface area contributed by atoms with Crippen LogP contribution in [0, 0.1) is 0 Å². The Morgan fingerprint density at radius 1 is 1.21 bits per heavy atom. The summed E-state index contributed by atoms with van der Waals surface area (Å²) in [6, 6.07) is 7.69. The number of nitrogens with one attached hydrogen (secondary N) is 2. The first-order chi connectivity index (χ1) is 12.9. The van der Waals surface area contributed by atoms with Crippen LogP contribution in [0.3, 0.4) is 0 Å². The van der Waals surface area contributed by atoms with Crippen molar-refractivity contribution in [3.8, 4) is 0 Å². The number of hydrogen-bond acceptors (Lipinski definition) is 5. The minimum Gasteiger partial charge on any atom is -0.355 e. The highest BCUT2D eigenvalue weighted by Crippen LogP contribution is 2.41. The van der Waals surface area contributed by atoms with Crippen LogP contribution in [0.5, 0.6) is 0 Å². The van der Waals surface area contributed by atoms with E-state index < -0.39 is 10.0 Å². The van der Waals surface area contributed by atoms with Gasteiger partial charge in [0, 0.05) is 28.8 Å². The smallest absolute Gasteiger partial charge is 0.247 e. The minimum absolute atomic E-state index is 0. The summed E-state index contributed by atoms with van der Waals surface area (Å²) >= 11 is 3.01. The first-order valence-electron chi connectivity index (χ1n) is 9.03. The number of hydrogen-bond donors (Lipinski definition) is 3. The number of primary sulfonamides is 1. The summed E-state index contributed by atoms with van der Waals surface area (Å²) in [4.78, 5) is 6.66. The molecule has 0 atom stereocenters. The van der Waals surface area contributed by atoms with E-state index in [4.69, 9.17) is 5.14 Å². The van der Waals surface area contributed by atoms with Crippen molar-refractivity contribution in [2.45, 2.75) is 48.3 Å². The number of guanidine groups is 1. The Kier molecular flexibility index (Phi) is 8.74. The molecule has 1 saturated carbocycles. The van der Waals surface area contributed by atoms with E-state index in [1.54, 1.807) is 19.2 Å². The van der Waals surface area contributed by atoms with Gasteiger partial charge in [0.1, 0.15) is 4.21 Å². The van der Waals surface area contributed by atoms with Gasteiger partial charge in [0.2, 0.25) is 10.0 Å². The second-order valence-electron chi connectivity index (χ2n) is 6.86. The topological polar surface area (TPSA) is 96.6 Å². The van der Waals surface area contributed by atoms with Crippen molar-refractivity contribution < 1.29 is 8.42 Å². The Hall–Kier alpha value is -0.690. The molecule has 1 aliphatic carbocycles. The van der Waals surface area contributed by atoms with Crippen LogP contribution in [0.15, 0.2) is 38.8 Å². The Labute approximate surface area is 192 Å². The molecule has 2 aromatic rings. The van der Waals surface area contributed by atoms with Crippen molar-refractivity contribution in [1.82, 2.24) is 10.6 Å². The molecule has 0 radical (unpaired) electrons. The summed E-state index contributed by atoms with van der Waals surface area (Å²) < 4.78 is 23.0. The molecule has 10 heteroatoms. The third kappa shape index (κ3) is 5.91. The van der Waals surface area contributed by atoms with Gasteiger partial charge in [-0.2, -0.15) is 0 Å². The van der Waals surface area contributed by atoms with Gasteiger partial charge in [-0.05, 0) is 36.4 Å². The molecule has 0 amide bonds. The SMILES string of the molecule is CN=C(NCc1ccc(S(N)(=O)=O)s1)NCC1(c2cccs2)CCCCC1.I. The van der Waals surface area contributed by atoms with Crippen LogP contribution in [0.4, 0.5) is 0 Å². The Balaban J connectivity index is 0.00000280. The number of sulfonamides is 1. The maximum absolute atomic E-state index is 11.4. The summed E-state index contributed by atoms with van der Waals surface area (Å²) in [6.07, 6.45) is 6.22. The van der Waals surface area contributed by atoms with Crippen LogP contribution >= 0.6 is 46.7 Å². The predicted molar refractivity (Wildman–Crippen MR) is 128 cm³/mol. The van der Waals surface area contributed by atoms with Gasteiger partial charge in [-0.15, -0.1) is 46.7 Å². The van der Waals surface area contributed by atoms with Gasteiger partial charge in [-0.3, -0.25) is 4.99 Å². The second kappa shape index (κ2) is 10.4. The van der Waals surface area contributed by atoms with E-state index >= 15 is 0 Å². The van der Waals surface area contributed by atoms with Crippen molar-refractivity contribution in [2.75, 3.05) is 13.6 Å². The van der Waals surface area contributed by atoms with Crippen LogP contribution in [0.25, 0.3) is 0 Å². The third-order valence-corrected chi connectivity index (χ3v) is 8.66. The number of thiophene rings is 2. The first kappa shape index (κ1) is 23.6. The van der Waals surface area contributed by atoms with Crippen LogP contribution in [-0.2, 0) is 22.0 Å². The average molecular weight is 555 g/mol. The average Bonchev–Trinajstić information content (AvgIpc) is 3.34. The molecular weight excluding hydrogens is 527 g/mol. The fraction of sp³-hybridized carbons (Fsp3) is 0.500. The summed E-state index contributed by atoms with van der Waals surface area (Å²) in [6.45, 7) is 1.35. The zero-order valence-corrected chi connectivity index (χ0v) is 20.6. The molecule has 0 aromatic carbocycles. The zero-order chi connectivity index (χ0) is 19.3. The van der Waals surface area contributed by atoms with Crippen molar-refractivity contribution in [3.63, 3.8) is 0 Å². The lowest BCUT2D eigenvalue weighted by atomic mass is 9.73. The lowest BCUT2D eigenvalue weighted by Gasteiger charge is -2.37. The molecule has 0 bridgehead atoms. The zero-order valence-electron chi connectivity index (χ0n) is 15.8. The van der Waals surface area contributed by atoms with Gasteiger partial charge in [-0.25, -0.2) is 13.6 Å². The summed E-state index contributed by atoms with van der Waals surface area (Å²) in [7, 11) is -1.89. The van der Waals surface area contributed by atoms with E-state index in [0.29, 0.717) is 6.54 Å². The molecule has 28 heavy (non-hydrogen) atoms. The Morgan fingerprint density at radius 2 is 1.96 bits per heavy atom. The molecule has 0 aliphatic heterocycles. The number of nitrogens with two attached hydrogens (primary N) is 1. The standard InChI is InChI=1S/C18H26N4O2S3.HI/c1-20-17(21-12-14-7-8-16(26-14)27(19,23)24)22-13-18(9-3-2-4-10-18)15-6-5-11-25-15;/h5-8,11H,2-4,9-10,12-13H2,1H3,(H2,19,23,24)(H2,20,21,22);1H. The van der Waals surface area contributed by atoms with Crippen molar-refractivity contribution in [3.05, 3.63) is 39.4 Å². The molecule has 2 aromatic heterocycles. The second-order valence-corrected chi connectivity index (χ2v) is 10.8. The van der Waals surface area contributed by atoms with E-state index in [1.165, 1.54) is 48.3 Å². The fourth-order valence-electron chi connectivity index (χ4n) is 3.57. The fourth-order valence-corrected chi connectivity index (χ4v) is 6.28. The van der Waals surface area contributed by atoms with Gasteiger partial charge < -0.3 is 10.6 Å². The van der Waals surface area contributed by atoms with Crippen molar-refractivity contribution in [2.24, 2.45) is 10.1 Å². The minimum atomic E-state index is -3.64. The van der Waals surface area contributed by atoms with Crippen LogP contribution in [0.1, 0.15) is 41.9 Å². The molecule has 4 N–H and O–H groups in total. The van der Waals surface area contributed by atoms with Gasteiger partial charge in [0.05, 0.1) is 6.54 Å². The maximum atomic E-state index is 11.4. The van der Waals surface area contributed by atoms with Gasteiger partial charge in [0.25, 0.3) is 0 Å². The van der Waals surface area contributed by atoms with E-state index in [1.807, 2.05) is 11.3 Å². The molecule has 3 rings (SSSR count). The summed E-state index contributed by atoms with van der Waals surface area (Å²) in [5, 5.41) is 14.1. The number of nitrogens with zero attached hydrogens (tertiary/aromatic N) is 1. The first-order valence-corrected chi connectivity index (χ1v) is 12.3. The maximum Gasteiger partial charge on any atom is 0.247 e. The Bertz CT molecular complexity index is 873. The highest BCUT2D eigenvalue weighted by Gasteiger charge is 2.34. The van der Waals surface area contributed by atoms with Crippen LogP contribution in [0.2, 0.25) is 0 Å². The summed E-state index contributed by atoms with van der Waals surface area (Å²) in [5.41, 5.74) is 0.174. The lowest BCUT2D eigenvalue weighted by molar-refractivity contribution is 0.296. The Morgan fingerprint density at radius 3 is 2.54 bits per heavy atom. The third-order valence-electron chi connectivity index (χ3n) is 5.02. The summed E-state index contributed by atoms with van der Waals surface area (Å²) in [5.74, 6) is 0.724. The largest absolute Gasteiger partial charge is 0.355 e.